The summed E-state index contributed by atoms with van der Waals surface area (Å²) >= 11 is 0. The number of furan rings is 1. The number of nitrogens with zero attached hydrogens (tertiary/aromatic N) is 1. The molecule has 0 aliphatic carbocycles. The largest absolute Gasteiger partial charge is 0.497 e. The highest BCUT2D eigenvalue weighted by atomic mass is 16.5. The first kappa shape index (κ1) is 17.1. The van der Waals surface area contributed by atoms with E-state index < -0.39 is 0 Å². The van der Waals surface area contributed by atoms with Crippen LogP contribution in [-0.4, -0.2) is 50.3 Å². The third-order valence-corrected chi connectivity index (χ3v) is 4.51. The number of carbonyl (C=O) groups is 2. The van der Waals surface area contributed by atoms with Crippen molar-refractivity contribution < 1.29 is 23.5 Å². The molecule has 134 valence electrons. The molecule has 1 aromatic carbocycles. The lowest BCUT2D eigenvalue weighted by Gasteiger charge is -2.31. The van der Waals surface area contributed by atoms with Gasteiger partial charge in [0, 0.05) is 36.1 Å². The van der Waals surface area contributed by atoms with Gasteiger partial charge in [0.05, 0.1) is 26.9 Å². The van der Waals surface area contributed by atoms with Crippen molar-refractivity contribution in [1.29, 1.82) is 0 Å². The molecule has 1 fully saturated rings. The van der Waals surface area contributed by atoms with Crippen LogP contribution in [0.15, 0.2) is 28.9 Å². The number of rotatable bonds is 4. The van der Waals surface area contributed by atoms with Crippen LogP contribution in [0.4, 0.5) is 4.79 Å². The van der Waals surface area contributed by atoms with Crippen molar-refractivity contribution in [2.45, 2.75) is 25.3 Å². The molecule has 1 aliphatic heterocycles. The zero-order valence-electron chi connectivity index (χ0n) is 14.4. The van der Waals surface area contributed by atoms with Gasteiger partial charge >= 0.3 is 6.09 Å². The minimum atomic E-state index is -0.315. The predicted molar refractivity (Wildman–Crippen MR) is 91.6 cm³/mol. The van der Waals surface area contributed by atoms with Gasteiger partial charge in [-0.1, -0.05) is 0 Å². The maximum Gasteiger partial charge on any atom is 0.409 e. The Balaban J connectivity index is 1.56. The van der Waals surface area contributed by atoms with Crippen molar-refractivity contribution in [3.63, 3.8) is 0 Å². The molecular weight excluding hydrogens is 324 g/mol. The number of amides is 2. The normalized spacial score (nSPS) is 15.2. The molecule has 1 aromatic heterocycles. The highest BCUT2D eigenvalue weighted by Crippen LogP contribution is 2.26. The van der Waals surface area contributed by atoms with E-state index in [0.29, 0.717) is 18.7 Å². The van der Waals surface area contributed by atoms with E-state index in [1.807, 2.05) is 12.1 Å². The second kappa shape index (κ2) is 7.46. The number of fused-ring (bicyclic) bond motifs is 1. The first-order valence-corrected chi connectivity index (χ1v) is 8.27. The van der Waals surface area contributed by atoms with Gasteiger partial charge in [0.1, 0.15) is 11.3 Å². The minimum absolute atomic E-state index is 0.0463. The second-order valence-corrected chi connectivity index (χ2v) is 6.10. The summed E-state index contributed by atoms with van der Waals surface area (Å²) in [6.45, 7) is 1.18. The first-order chi connectivity index (χ1) is 12.1. The Kier molecular flexibility index (Phi) is 5.11. The van der Waals surface area contributed by atoms with Crippen LogP contribution in [0.5, 0.6) is 5.75 Å². The van der Waals surface area contributed by atoms with Crippen molar-refractivity contribution in [3.8, 4) is 5.75 Å². The summed E-state index contributed by atoms with van der Waals surface area (Å²) in [7, 11) is 2.98. The van der Waals surface area contributed by atoms with Crippen LogP contribution in [0.3, 0.4) is 0 Å². The van der Waals surface area contributed by atoms with Crippen LogP contribution < -0.4 is 10.1 Å². The third kappa shape index (κ3) is 3.87. The van der Waals surface area contributed by atoms with Gasteiger partial charge in [-0.2, -0.15) is 0 Å². The summed E-state index contributed by atoms with van der Waals surface area (Å²) in [5, 5.41) is 3.95. The highest BCUT2D eigenvalue weighted by molar-refractivity contribution is 5.88. The maximum absolute atomic E-state index is 12.3. The first-order valence-electron chi connectivity index (χ1n) is 8.27. The Morgan fingerprint density at radius 1 is 1.28 bits per heavy atom. The molecule has 2 aromatic rings. The molecule has 2 amide bonds. The van der Waals surface area contributed by atoms with E-state index in [1.54, 1.807) is 24.3 Å². The number of hydrogen-bond acceptors (Lipinski definition) is 5. The average molecular weight is 346 g/mol. The number of carbonyl (C=O) groups excluding carboxylic acids is 2. The SMILES string of the molecule is COC(=O)N1CCC(NC(=O)Cc2coc3cc(OC)ccc23)CC1. The summed E-state index contributed by atoms with van der Waals surface area (Å²) in [4.78, 5) is 25.5. The number of methoxy groups -OCH3 is 2. The minimum Gasteiger partial charge on any atom is -0.497 e. The Bertz CT molecular complexity index is 762. The van der Waals surface area contributed by atoms with E-state index in [2.05, 4.69) is 5.32 Å². The van der Waals surface area contributed by atoms with Gasteiger partial charge in [-0.3, -0.25) is 4.79 Å². The monoisotopic (exact) mass is 346 g/mol. The van der Waals surface area contributed by atoms with Crippen molar-refractivity contribution >= 4 is 23.0 Å². The molecule has 7 heteroatoms. The quantitative estimate of drug-likeness (QED) is 0.919. The van der Waals surface area contributed by atoms with E-state index >= 15 is 0 Å². The zero-order valence-corrected chi connectivity index (χ0v) is 14.4. The van der Waals surface area contributed by atoms with E-state index in [-0.39, 0.29) is 24.5 Å². The summed E-state index contributed by atoms with van der Waals surface area (Å²) in [5.41, 5.74) is 1.55. The van der Waals surface area contributed by atoms with Crippen LogP contribution in [0.25, 0.3) is 11.0 Å². The Hall–Kier alpha value is -2.70. The molecule has 7 nitrogen and oxygen atoms in total. The van der Waals surface area contributed by atoms with Gasteiger partial charge < -0.3 is 24.1 Å². The van der Waals surface area contributed by atoms with Gasteiger partial charge in [-0.15, -0.1) is 0 Å². The Morgan fingerprint density at radius 3 is 2.72 bits per heavy atom. The molecule has 0 bridgehead atoms. The van der Waals surface area contributed by atoms with E-state index in [1.165, 1.54) is 7.11 Å². The number of likely N-dealkylation sites (tertiary alicyclic amines) is 1. The van der Waals surface area contributed by atoms with Crippen LogP contribution in [0, 0.1) is 0 Å². The molecule has 0 unspecified atom stereocenters. The summed E-state index contributed by atoms with van der Waals surface area (Å²) < 4.78 is 15.4. The standard InChI is InChI=1S/C18H22N2O5/c1-23-14-3-4-15-12(11-25-16(15)10-14)9-17(21)19-13-5-7-20(8-6-13)18(22)24-2/h3-4,10-11,13H,5-9H2,1-2H3,(H,19,21). The van der Waals surface area contributed by atoms with Gasteiger partial charge in [-0.05, 0) is 25.0 Å². The fourth-order valence-corrected chi connectivity index (χ4v) is 3.11. The highest BCUT2D eigenvalue weighted by Gasteiger charge is 2.24. The smallest absolute Gasteiger partial charge is 0.409 e. The lowest BCUT2D eigenvalue weighted by molar-refractivity contribution is -0.121. The summed E-state index contributed by atoms with van der Waals surface area (Å²) in [6, 6.07) is 5.63. The maximum atomic E-state index is 12.3. The molecule has 1 N–H and O–H groups in total. The molecule has 0 saturated carbocycles. The lowest BCUT2D eigenvalue weighted by atomic mass is 10.0. The molecule has 25 heavy (non-hydrogen) atoms. The summed E-state index contributed by atoms with van der Waals surface area (Å²) in [5.74, 6) is 0.672. The van der Waals surface area contributed by atoms with Gasteiger partial charge in [-0.25, -0.2) is 4.79 Å². The molecular formula is C18H22N2O5. The van der Waals surface area contributed by atoms with Crippen LogP contribution in [0.1, 0.15) is 18.4 Å². The van der Waals surface area contributed by atoms with Crippen LogP contribution in [0.2, 0.25) is 0 Å². The lowest BCUT2D eigenvalue weighted by Crippen LogP contribution is -2.46. The molecule has 0 spiro atoms. The van der Waals surface area contributed by atoms with Crippen molar-refractivity contribution in [3.05, 3.63) is 30.0 Å². The third-order valence-electron chi connectivity index (χ3n) is 4.51. The molecule has 1 saturated heterocycles. The number of ether oxygens (including phenoxy) is 2. The van der Waals surface area contributed by atoms with E-state index in [0.717, 1.165) is 29.5 Å². The fraction of sp³-hybridized carbons (Fsp3) is 0.444. The fourth-order valence-electron chi connectivity index (χ4n) is 3.11. The average Bonchev–Trinajstić information content (AvgIpc) is 3.03. The zero-order chi connectivity index (χ0) is 17.8. The summed E-state index contributed by atoms with van der Waals surface area (Å²) in [6.07, 6.45) is 3.01. The number of nitrogens with one attached hydrogen (secondary N) is 1. The Morgan fingerprint density at radius 2 is 2.04 bits per heavy atom. The molecule has 0 atom stereocenters. The van der Waals surface area contributed by atoms with Crippen LogP contribution >= 0.6 is 0 Å². The Labute approximate surface area is 145 Å². The number of piperidine rings is 1. The van der Waals surface area contributed by atoms with Gasteiger partial charge in [0.15, 0.2) is 0 Å². The van der Waals surface area contributed by atoms with Crippen LogP contribution in [-0.2, 0) is 16.0 Å². The number of benzene rings is 1. The molecule has 3 rings (SSSR count). The topological polar surface area (TPSA) is 81.0 Å². The van der Waals surface area contributed by atoms with Crippen molar-refractivity contribution in [2.75, 3.05) is 27.3 Å². The van der Waals surface area contributed by atoms with Gasteiger partial charge in [0.25, 0.3) is 0 Å². The van der Waals surface area contributed by atoms with Gasteiger partial charge in [0.2, 0.25) is 5.91 Å². The number of hydrogen-bond donors (Lipinski definition) is 1. The second-order valence-electron chi connectivity index (χ2n) is 6.10. The van der Waals surface area contributed by atoms with Crippen molar-refractivity contribution in [1.82, 2.24) is 10.2 Å². The van der Waals surface area contributed by atoms with E-state index in [9.17, 15) is 9.59 Å². The van der Waals surface area contributed by atoms with Crippen molar-refractivity contribution in [2.24, 2.45) is 0 Å². The van der Waals surface area contributed by atoms with E-state index in [4.69, 9.17) is 13.9 Å². The molecule has 0 radical (unpaired) electrons. The molecule has 2 heterocycles. The molecule has 1 aliphatic rings. The predicted octanol–water partition coefficient (Wildman–Crippen LogP) is 2.33.